The Bertz CT molecular complexity index is 213. The van der Waals surface area contributed by atoms with Gasteiger partial charge in [-0.2, -0.15) is 0 Å². The molecule has 2 N–H and O–H groups in total. The Labute approximate surface area is 104 Å². The van der Waals surface area contributed by atoms with Crippen molar-refractivity contribution in [1.82, 2.24) is 15.5 Å². The number of nitrogens with one attached hydrogen (secondary N) is 2. The van der Waals surface area contributed by atoms with Crippen molar-refractivity contribution in [2.75, 3.05) is 26.2 Å². The molecule has 2 rings (SSSR count). The van der Waals surface area contributed by atoms with E-state index in [1.54, 1.807) is 0 Å². The molecule has 2 fully saturated rings. The Morgan fingerprint density at radius 3 is 2.38 bits per heavy atom. The molecule has 94 valence electrons. The Balaban J connectivity index is 0.00000128. The number of piperazine rings is 1. The summed E-state index contributed by atoms with van der Waals surface area (Å²) >= 11 is 0. The molecular formula is C11H22ClN3O. The molecule has 5 heteroatoms. The number of urea groups is 1. The van der Waals surface area contributed by atoms with E-state index in [1.165, 1.54) is 19.3 Å². The normalized spacial score (nSPS) is 22.4. The van der Waals surface area contributed by atoms with Crippen molar-refractivity contribution in [3.63, 3.8) is 0 Å². The van der Waals surface area contributed by atoms with E-state index in [0.29, 0.717) is 6.04 Å². The Morgan fingerprint density at radius 2 is 1.75 bits per heavy atom. The zero-order valence-corrected chi connectivity index (χ0v) is 10.5. The van der Waals surface area contributed by atoms with Crippen LogP contribution in [-0.4, -0.2) is 43.2 Å². The zero-order valence-electron chi connectivity index (χ0n) is 9.71. The maximum absolute atomic E-state index is 11.9. The van der Waals surface area contributed by atoms with Crippen LogP contribution in [0.3, 0.4) is 0 Å². The molecule has 0 aromatic rings. The third-order valence-electron chi connectivity index (χ3n) is 3.34. The first-order valence-electron chi connectivity index (χ1n) is 6.12. The summed E-state index contributed by atoms with van der Waals surface area (Å²) < 4.78 is 0. The fraction of sp³-hybridized carbons (Fsp3) is 0.909. The van der Waals surface area contributed by atoms with E-state index in [4.69, 9.17) is 0 Å². The molecule has 0 aromatic carbocycles. The Morgan fingerprint density at radius 1 is 1.12 bits per heavy atom. The highest BCUT2D eigenvalue weighted by Crippen LogP contribution is 2.17. The van der Waals surface area contributed by atoms with Crippen LogP contribution >= 0.6 is 12.4 Å². The smallest absolute Gasteiger partial charge is 0.317 e. The lowest BCUT2D eigenvalue weighted by Crippen LogP contribution is -2.52. The van der Waals surface area contributed by atoms with Gasteiger partial charge in [-0.15, -0.1) is 12.4 Å². The number of halogens is 1. The highest BCUT2D eigenvalue weighted by atomic mass is 35.5. The van der Waals surface area contributed by atoms with Gasteiger partial charge in [0, 0.05) is 32.2 Å². The van der Waals surface area contributed by atoms with E-state index in [9.17, 15) is 4.79 Å². The average molecular weight is 248 g/mol. The second-order valence-electron chi connectivity index (χ2n) is 4.52. The number of amides is 2. The summed E-state index contributed by atoms with van der Waals surface area (Å²) in [5.41, 5.74) is 0. The van der Waals surface area contributed by atoms with Crippen molar-refractivity contribution in [1.29, 1.82) is 0 Å². The molecule has 1 saturated heterocycles. The minimum atomic E-state index is 0. The molecule has 0 unspecified atom stereocenters. The fourth-order valence-corrected chi connectivity index (χ4v) is 2.38. The number of rotatable bonds is 1. The summed E-state index contributed by atoms with van der Waals surface area (Å²) in [5.74, 6) is 0. The van der Waals surface area contributed by atoms with E-state index >= 15 is 0 Å². The number of carbonyl (C=O) groups is 1. The molecule has 2 aliphatic rings. The number of nitrogens with zero attached hydrogens (tertiary/aromatic N) is 1. The SMILES string of the molecule is Cl.O=C(NC1CCCCC1)N1CCNCC1. The fourth-order valence-electron chi connectivity index (χ4n) is 2.38. The van der Waals surface area contributed by atoms with Crippen molar-refractivity contribution >= 4 is 18.4 Å². The van der Waals surface area contributed by atoms with E-state index in [0.717, 1.165) is 39.0 Å². The molecule has 1 aliphatic heterocycles. The average Bonchev–Trinajstić information content (AvgIpc) is 2.31. The molecule has 1 saturated carbocycles. The van der Waals surface area contributed by atoms with Crippen LogP contribution in [0, 0.1) is 0 Å². The van der Waals surface area contributed by atoms with Crippen LogP contribution in [0.4, 0.5) is 4.79 Å². The maximum Gasteiger partial charge on any atom is 0.317 e. The largest absolute Gasteiger partial charge is 0.335 e. The molecule has 0 atom stereocenters. The first-order chi connectivity index (χ1) is 7.36. The maximum atomic E-state index is 11.9. The summed E-state index contributed by atoms with van der Waals surface area (Å²) in [6.45, 7) is 3.55. The van der Waals surface area contributed by atoms with Gasteiger partial charge in [0.15, 0.2) is 0 Å². The third kappa shape index (κ3) is 3.83. The van der Waals surface area contributed by atoms with Gasteiger partial charge >= 0.3 is 6.03 Å². The van der Waals surface area contributed by atoms with Crippen molar-refractivity contribution in [2.45, 2.75) is 38.1 Å². The Hall–Kier alpha value is -0.480. The molecule has 1 heterocycles. The molecule has 16 heavy (non-hydrogen) atoms. The highest BCUT2D eigenvalue weighted by Gasteiger charge is 2.20. The number of carbonyl (C=O) groups excluding carboxylic acids is 1. The van der Waals surface area contributed by atoms with Crippen LogP contribution in [0.25, 0.3) is 0 Å². The standard InChI is InChI=1S/C11H21N3O.ClH/c15-11(14-8-6-12-7-9-14)13-10-4-2-1-3-5-10;/h10,12H,1-9H2,(H,13,15);1H. The van der Waals surface area contributed by atoms with Crippen LogP contribution < -0.4 is 10.6 Å². The van der Waals surface area contributed by atoms with Crippen LogP contribution in [0.2, 0.25) is 0 Å². The second-order valence-corrected chi connectivity index (χ2v) is 4.52. The van der Waals surface area contributed by atoms with Gasteiger partial charge in [-0.25, -0.2) is 4.79 Å². The van der Waals surface area contributed by atoms with Crippen molar-refractivity contribution in [3.8, 4) is 0 Å². The predicted molar refractivity (Wildman–Crippen MR) is 67.1 cm³/mol. The van der Waals surface area contributed by atoms with Crippen LogP contribution in [0.1, 0.15) is 32.1 Å². The van der Waals surface area contributed by atoms with E-state index < -0.39 is 0 Å². The van der Waals surface area contributed by atoms with Gasteiger partial charge in [0.2, 0.25) is 0 Å². The van der Waals surface area contributed by atoms with Crippen molar-refractivity contribution in [3.05, 3.63) is 0 Å². The summed E-state index contributed by atoms with van der Waals surface area (Å²) in [6, 6.07) is 0.574. The summed E-state index contributed by atoms with van der Waals surface area (Å²) in [4.78, 5) is 13.8. The minimum Gasteiger partial charge on any atom is -0.335 e. The molecular weight excluding hydrogens is 226 g/mol. The van der Waals surface area contributed by atoms with Gasteiger partial charge in [0.05, 0.1) is 0 Å². The molecule has 2 amide bonds. The molecule has 1 aliphatic carbocycles. The van der Waals surface area contributed by atoms with E-state index in [-0.39, 0.29) is 18.4 Å². The van der Waals surface area contributed by atoms with Gasteiger partial charge in [0.25, 0.3) is 0 Å². The summed E-state index contributed by atoms with van der Waals surface area (Å²) in [6.07, 6.45) is 6.20. The van der Waals surface area contributed by atoms with Gasteiger partial charge in [-0.05, 0) is 12.8 Å². The second kappa shape index (κ2) is 6.97. The molecule has 0 aromatic heterocycles. The zero-order chi connectivity index (χ0) is 10.5. The predicted octanol–water partition coefficient (Wildman–Crippen LogP) is 1.36. The van der Waals surface area contributed by atoms with Crippen LogP contribution in [0.15, 0.2) is 0 Å². The van der Waals surface area contributed by atoms with Crippen molar-refractivity contribution in [2.24, 2.45) is 0 Å². The minimum absolute atomic E-state index is 0. The van der Waals surface area contributed by atoms with Gasteiger partial charge < -0.3 is 15.5 Å². The van der Waals surface area contributed by atoms with Crippen LogP contribution in [-0.2, 0) is 0 Å². The third-order valence-corrected chi connectivity index (χ3v) is 3.34. The monoisotopic (exact) mass is 247 g/mol. The highest BCUT2D eigenvalue weighted by molar-refractivity contribution is 5.85. The van der Waals surface area contributed by atoms with E-state index in [2.05, 4.69) is 10.6 Å². The van der Waals surface area contributed by atoms with Crippen molar-refractivity contribution < 1.29 is 4.79 Å². The summed E-state index contributed by atoms with van der Waals surface area (Å²) in [7, 11) is 0. The van der Waals surface area contributed by atoms with E-state index in [1.807, 2.05) is 4.90 Å². The topological polar surface area (TPSA) is 44.4 Å². The lowest BCUT2D eigenvalue weighted by Gasteiger charge is -2.31. The lowest BCUT2D eigenvalue weighted by molar-refractivity contribution is 0.183. The first kappa shape index (κ1) is 13.6. The number of hydrogen-bond acceptors (Lipinski definition) is 2. The van der Waals surface area contributed by atoms with Gasteiger partial charge in [0.1, 0.15) is 0 Å². The lowest BCUT2D eigenvalue weighted by atomic mass is 9.96. The quantitative estimate of drug-likeness (QED) is 0.735. The summed E-state index contributed by atoms with van der Waals surface area (Å²) in [5, 5.41) is 6.40. The van der Waals surface area contributed by atoms with Crippen LogP contribution in [0.5, 0.6) is 0 Å². The molecule has 0 radical (unpaired) electrons. The number of hydrogen-bond donors (Lipinski definition) is 2. The Kier molecular flexibility index (Phi) is 5.91. The molecule has 4 nitrogen and oxygen atoms in total. The van der Waals surface area contributed by atoms with Gasteiger partial charge in [-0.1, -0.05) is 19.3 Å². The first-order valence-corrected chi connectivity index (χ1v) is 6.12. The van der Waals surface area contributed by atoms with Gasteiger partial charge in [-0.3, -0.25) is 0 Å². The molecule has 0 bridgehead atoms. The molecule has 0 spiro atoms.